The first-order valence-corrected chi connectivity index (χ1v) is 5.54. The van der Waals surface area contributed by atoms with Crippen molar-refractivity contribution in [3.05, 3.63) is 0 Å². The van der Waals surface area contributed by atoms with Crippen LogP contribution in [0.25, 0.3) is 0 Å². The van der Waals surface area contributed by atoms with Crippen LogP contribution in [0.1, 0.15) is 26.7 Å². The molecule has 0 bridgehead atoms. The predicted molar refractivity (Wildman–Crippen MR) is 44.3 cm³/mol. The Morgan fingerprint density at radius 1 is 1.64 bits per heavy atom. The molecule has 0 aliphatic rings. The van der Waals surface area contributed by atoms with E-state index in [1.807, 2.05) is 6.92 Å². The molecule has 0 aromatic rings. The molecule has 0 aliphatic carbocycles. The molecule has 0 saturated heterocycles. The topological polar surface area (TPSA) is 72.5 Å². The van der Waals surface area contributed by atoms with E-state index in [2.05, 4.69) is 0 Å². The van der Waals surface area contributed by atoms with E-state index in [4.69, 9.17) is 15.2 Å². The summed E-state index contributed by atoms with van der Waals surface area (Å²) in [5, 5.41) is 0. The SMILES string of the molecule is CCCP(=O)(O)OC(N)CC. The Balaban J connectivity index is 3.81. The molecule has 0 aliphatic heterocycles. The highest BCUT2D eigenvalue weighted by molar-refractivity contribution is 7.52. The Labute approximate surface area is 67.3 Å². The standard InChI is InChI=1S/C6H16NO3P/c1-3-5-11(8,9)10-6(7)4-2/h6H,3-5,7H2,1-2H3,(H,8,9). The summed E-state index contributed by atoms with van der Waals surface area (Å²) in [6.07, 6.45) is 0.747. The molecular formula is C6H16NO3P. The van der Waals surface area contributed by atoms with Gasteiger partial charge in [0.25, 0.3) is 0 Å². The third-order valence-electron chi connectivity index (χ3n) is 1.21. The van der Waals surface area contributed by atoms with Gasteiger partial charge >= 0.3 is 7.60 Å². The van der Waals surface area contributed by atoms with Crippen molar-refractivity contribution in [1.82, 2.24) is 0 Å². The van der Waals surface area contributed by atoms with Gasteiger partial charge in [-0.05, 0) is 12.8 Å². The number of hydrogen-bond donors (Lipinski definition) is 2. The van der Waals surface area contributed by atoms with Gasteiger partial charge in [0.15, 0.2) is 0 Å². The monoisotopic (exact) mass is 181 g/mol. The second kappa shape index (κ2) is 4.88. The molecule has 68 valence electrons. The second-order valence-electron chi connectivity index (χ2n) is 2.41. The van der Waals surface area contributed by atoms with E-state index >= 15 is 0 Å². The van der Waals surface area contributed by atoms with Crippen LogP contribution in [0.15, 0.2) is 0 Å². The molecule has 4 nitrogen and oxygen atoms in total. The van der Waals surface area contributed by atoms with Gasteiger partial charge in [0.05, 0.1) is 0 Å². The fourth-order valence-electron chi connectivity index (χ4n) is 0.621. The van der Waals surface area contributed by atoms with Gasteiger partial charge in [-0.3, -0.25) is 9.09 Å². The molecule has 0 aromatic heterocycles. The zero-order valence-corrected chi connectivity index (χ0v) is 7.88. The van der Waals surface area contributed by atoms with E-state index in [1.54, 1.807) is 6.92 Å². The Morgan fingerprint density at radius 3 is 2.55 bits per heavy atom. The maximum atomic E-state index is 11.0. The second-order valence-corrected chi connectivity index (χ2v) is 4.35. The lowest BCUT2D eigenvalue weighted by Crippen LogP contribution is -2.21. The van der Waals surface area contributed by atoms with Crippen LogP contribution in [0.4, 0.5) is 0 Å². The average Bonchev–Trinajstić information content (AvgIpc) is 1.86. The molecule has 5 heteroatoms. The highest BCUT2D eigenvalue weighted by Crippen LogP contribution is 2.43. The first-order chi connectivity index (χ1) is 5.02. The lowest BCUT2D eigenvalue weighted by molar-refractivity contribution is 0.175. The molecule has 0 amide bonds. The van der Waals surface area contributed by atoms with Gasteiger partial charge in [-0.2, -0.15) is 0 Å². The summed E-state index contributed by atoms with van der Waals surface area (Å²) in [4.78, 5) is 9.07. The van der Waals surface area contributed by atoms with Gasteiger partial charge in [0.1, 0.15) is 6.23 Å². The summed E-state index contributed by atoms with van der Waals surface area (Å²) < 4.78 is 15.8. The van der Waals surface area contributed by atoms with E-state index in [-0.39, 0.29) is 6.16 Å². The third kappa shape index (κ3) is 5.39. The van der Waals surface area contributed by atoms with Crippen molar-refractivity contribution in [3.63, 3.8) is 0 Å². The Morgan fingerprint density at radius 2 is 2.18 bits per heavy atom. The molecule has 2 atom stereocenters. The molecule has 2 unspecified atom stereocenters. The van der Waals surface area contributed by atoms with Crippen molar-refractivity contribution in [2.75, 3.05) is 6.16 Å². The molecule has 11 heavy (non-hydrogen) atoms. The molecule has 0 spiro atoms. The Hall–Kier alpha value is 0.110. The van der Waals surface area contributed by atoms with Gasteiger partial charge in [0, 0.05) is 6.16 Å². The van der Waals surface area contributed by atoms with Crippen molar-refractivity contribution in [3.8, 4) is 0 Å². The fraction of sp³-hybridized carbons (Fsp3) is 1.00. The van der Waals surface area contributed by atoms with E-state index in [9.17, 15) is 4.57 Å². The van der Waals surface area contributed by atoms with E-state index in [0.29, 0.717) is 12.8 Å². The van der Waals surface area contributed by atoms with Crippen molar-refractivity contribution in [2.24, 2.45) is 5.73 Å². The predicted octanol–water partition coefficient (Wildman–Crippen LogP) is 1.29. The van der Waals surface area contributed by atoms with E-state index in [0.717, 1.165) is 0 Å². The maximum Gasteiger partial charge on any atom is 0.329 e. The summed E-state index contributed by atoms with van der Waals surface area (Å²) in [5.74, 6) is 0. The molecule has 0 aromatic carbocycles. The molecule has 0 fully saturated rings. The van der Waals surface area contributed by atoms with Crippen molar-refractivity contribution >= 4 is 7.60 Å². The van der Waals surface area contributed by atoms with Crippen LogP contribution < -0.4 is 5.73 Å². The first-order valence-electron chi connectivity index (χ1n) is 3.77. The zero-order chi connectivity index (χ0) is 8.91. The van der Waals surface area contributed by atoms with Crippen LogP contribution >= 0.6 is 7.60 Å². The molecule has 0 saturated carbocycles. The van der Waals surface area contributed by atoms with Crippen LogP contribution in [-0.2, 0) is 9.09 Å². The summed E-state index contributed by atoms with van der Waals surface area (Å²) in [7, 11) is -3.39. The normalized spacial score (nSPS) is 19.3. The van der Waals surface area contributed by atoms with Gasteiger partial charge in [-0.25, -0.2) is 0 Å². The molecule has 0 heterocycles. The molecular weight excluding hydrogens is 165 g/mol. The number of hydrogen-bond acceptors (Lipinski definition) is 3. The maximum absolute atomic E-state index is 11.0. The summed E-state index contributed by atoms with van der Waals surface area (Å²) in [5.41, 5.74) is 5.33. The minimum absolute atomic E-state index is 0.181. The third-order valence-corrected chi connectivity index (χ3v) is 2.82. The number of nitrogens with two attached hydrogens (primary N) is 1. The summed E-state index contributed by atoms with van der Waals surface area (Å²) in [6, 6.07) is 0. The quantitative estimate of drug-likeness (QED) is 0.495. The van der Waals surface area contributed by atoms with E-state index in [1.165, 1.54) is 0 Å². The van der Waals surface area contributed by atoms with Crippen LogP contribution in [-0.4, -0.2) is 17.3 Å². The van der Waals surface area contributed by atoms with Gasteiger partial charge in [0.2, 0.25) is 0 Å². The smallest absolute Gasteiger partial charge is 0.324 e. The Kier molecular flexibility index (Phi) is 4.93. The molecule has 0 rings (SSSR count). The highest BCUT2D eigenvalue weighted by Gasteiger charge is 2.20. The minimum Gasteiger partial charge on any atom is -0.324 e. The van der Waals surface area contributed by atoms with Gasteiger partial charge in [-0.15, -0.1) is 0 Å². The molecule has 3 N–H and O–H groups in total. The Bertz CT molecular complexity index is 151. The first kappa shape index (κ1) is 11.1. The van der Waals surface area contributed by atoms with Crippen LogP contribution in [0.5, 0.6) is 0 Å². The van der Waals surface area contributed by atoms with E-state index < -0.39 is 13.8 Å². The van der Waals surface area contributed by atoms with Gasteiger partial charge in [-0.1, -0.05) is 13.8 Å². The van der Waals surface area contributed by atoms with Crippen LogP contribution in [0.3, 0.4) is 0 Å². The van der Waals surface area contributed by atoms with Crippen molar-refractivity contribution < 1.29 is 14.0 Å². The fourth-order valence-corrected chi connectivity index (χ4v) is 1.86. The lowest BCUT2D eigenvalue weighted by Gasteiger charge is -2.15. The molecule has 0 radical (unpaired) electrons. The summed E-state index contributed by atoms with van der Waals surface area (Å²) >= 11 is 0. The van der Waals surface area contributed by atoms with Crippen molar-refractivity contribution in [1.29, 1.82) is 0 Å². The largest absolute Gasteiger partial charge is 0.329 e. The average molecular weight is 181 g/mol. The highest BCUT2D eigenvalue weighted by atomic mass is 31.2. The van der Waals surface area contributed by atoms with Crippen LogP contribution in [0.2, 0.25) is 0 Å². The summed E-state index contributed by atoms with van der Waals surface area (Å²) in [6.45, 7) is 3.63. The lowest BCUT2D eigenvalue weighted by atomic mass is 10.5. The minimum atomic E-state index is -3.39. The zero-order valence-electron chi connectivity index (χ0n) is 6.99. The van der Waals surface area contributed by atoms with Crippen molar-refractivity contribution in [2.45, 2.75) is 32.9 Å². The van der Waals surface area contributed by atoms with Crippen LogP contribution in [0, 0.1) is 0 Å². The number of rotatable bonds is 5. The van der Waals surface area contributed by atoms with Gasteiger partial charge < -0.3 is 10.6 Å².